The number of fused-ring (bicyclic) bond motifs is 1. The number of nitrogens with zero attached hydrogens (tertiary/aromatic N) is 3. The highest BCUT2D eigenvalue weighted by Crippen LogP contribution is 2.22. The van der Waals surface area contributed by atoms with E-state index in [1.807, 2.05) is 41.9 Å². The number of imidazole rings is 1. The van der Waals surface area contributed by atoms with Crippen molar-refractivity contribution in [3.63, 3.8) is 0 Å². The second kappa shape index (κ2) is 5.27. The van der Waals surface area contributed by atoms with Crippen LogP contribution < -0.4 is 0 Å². The van der Waals surface area contributed by atoms with E-state index in [-0.39, 0.29) is 0 Å². The van der Waals surface area contributed by atoms with E-state index in [0.717, 1.165) is 16.6 Å². The van der Waals surface area contributed by atoms with Crippen molar-refractivity contribution in [2.24, 2.45) is 12.0 Å². The van der Waals surface area contributed by atoms with Gasteiger partial charge in [0.25, 0.3) is 0 Å². The van der Waals surface area contributed by atoms with Gasteiger partial charge in [0.05, 0.1) is 16.1 Å². The number of para-hydroxylation sites is 2. The summed E-state index contributed by atoms with van der Waals surface area (Å²) in [5, 5.41) is 1.18. The minimum Gasteiger partial charge on any atom is -0.311 e. The van der Waals surface area contributed by atoms with Gasteiger partial charge in [0, 0.05) is 23.8 Å². The number of halogens is 2. The molecule has 5 heteroatoms. The molecule has 0 spiro atoms. The van der Waals surface area contributed by atoms with E-state index < -0.39 is 0 Å². The van der Waals surface area contributed by atoms with Gasteiger partial charge in [0.15, 0.2) is 0 Å². The molecule has 3 aromatic rings. The normalized spacial score (nSPS) is 11.6. The van der Waals surface area contributed by atoms with Crippen LogP contribution in [0.2, 0.25) is 10.0 Å². The van der Waals surface area contributed by atoms with E-state index in [4.69, 9.17) is 23.2 Å². The van der Waals surface area contributed by atoms with E-state index in [1.165, 1.54) is 0 Å². The number of benzene rings is 2. The molecule has 0 amide bonds. The molecule has 3 nitrogen and oxygen atoms in total. The highest BCUT2D eigenvalue weighted by atomic mass is 35.5. The van der Waals surface area contributed by atoms with E-state index in [0.29, 0.717) is 16.0 Å². The first-order valence-corrected chi connectivity index (χ1v) is 6.81. The summed E-state index contributed by atoms with van der Waals surface area (Å²) in [5.41, 5.74) is 2.77. The quantitative estimate of drug-likeness (QED) is 0.635. The molecule has 1 heterocycles. The Hall–Kier alpha value is -1.84. The van der Waals surface area contributed by atoms with Gasteiger partial charge in [0.2, 0.25) is 5.95 Å². The van der Waals surface area contributed by atoms with E-state index in [1.54, 1.807) is 18.3 Å². The van der Waals surface area contributed by atoms with Crippen LogP contribution in [-0.4, -0.2) is 15.8 Å². The molecule has 0 bridgehead atoms. The van der Waals surface area contributed by atoms with Crippen molar-refractivity contribution in [1.29, 1.82) is 0 Å². The monoisotopic (exact) mass is 303 g/mol. The number of aliphatic imine (C=N–C) groups is 1. The zero-order chi connectivity index (χ0) is 14.1. The lowest BCUT2D eigenvalue weighted by Crippen LogP contribution is -1.88. The lowest BCUT2D eigenvalue weighted by molar-refractivity contribution is 0.945. The Morgan fingerprint density at radius 1 is 1.15 bits per heavy atom. The molecule has 0 aliphatic rings. The lowest BCUT2D eigenvalue weighted by Gasteiger charge is -1.99. The zero-order valence-corrected chi connectivity index (χ0v) is 12.2. The topological polar surface area (TPSA) is 30.2 Å². The van der Waals surface area contributed by atoms with Gasteiger partial charge in [-0.05, 0) is 24.3 Å². The first kappa shape index (κ1) is 13.2. The summed E-state index contributed by atoms with van der Waals surface area (Å²) >= 11 is 12.0. The van der Waals surface area contributed by atoms with Crippen LogP contribution in [0.1, 0.15) is 5.56 Å². The molecular weight excluding hydrogens is 293 g/mol. The average Bonchev–Trinajstić information content (AvgIpc) is 2.75. The van der Waals surface area contributed by atoms with Gasteiger partial charge in [-0.2, -0.15) is 0 Å². The van der Waals surface area contributed by atoms with Crippen molar-refractivity contribution in [2.75, 3.05) is 0 Å². The summed E-state index contributed by atoms with van der Waals surface area (Å²) in [6.07, 6.45) is 1.69. The van der Waals surface area contributed by atoms with Gasteiger partial charge in [0.1, 0.15) is 0 Å². The van der Waals surface area contributed by atoms with Gasteiger partial charge in [-0.15, -0.1) is 0 Å². The smallest absolute Gasteiger partial charge is 0.230 e. The maximum absolute atomic E-state index is 6.11. The third-order valence-electron chi connectivity index (χ3n) is 3.05. The highest BCUT2D eigenvalue weighted by Gasteiger charge is 2.05. The van der Waals surface area contributed by atoms with E-state index in [2.05, 4.69) is 9.98 Å². The van der Waals surface area contributed by atoms with Crippen molar-refractivity contribution in [3.8, 4) is 0 Å². The molecule has 2 aromatic carbocycles. The Balaban J connectivity index is 2.00. The first-order chi connectivity index (χ1) is 9.65. The van der Waals surface area contributed by atoms with Crippen molar-refractivity contribution >= 4 is 46.4 Å². The molecule has 0 saturated heterocycles. The summed E-state index contributed by atoms with van der Waals surface area (Å²) < 4.78 is 1.94. The molecule has 0 unspecified atom stereocenters. The zero-order valence-electron chi connectivity index (χ0n) is 10.7. The summed E-state index contributed by atoms with van der Waals surface area (Å²) in [4.78, 5) is 8.87. The summed E-state index contributed by atoms with van der Waals surface area (Å²) in [7, 11) is 1.94. The molecule has 0 saturated carbocycles. The Bertz CT molecular complexity index is 806. The predicted molar refractivity (Wildman–Crippen MR) is 84.4 cm³/mol. The first-order valence-electron chi connectivity index (χ1n) is 6.06. The highest BCUT2D eigenvalue weighted by molar-refractivity contribution is 6.36. The fourth-order valence-corrected chi connectivity index (χ4v) is 2.44. The van der Waals surface area contributed by atoms with Gasteiger partial charge in [-0.1, -0.05) is 41.4 Å². The van der Waals surface area contributed by atoms with Crippen LogP contribution in [0.25, 0.3) is 11.0 Å². The number of aryl methyl sites for hydroxylation is 1. The van der Waals surface area contributed by atoms with Crippen LogP contribution in [0.3, 0.4) is 0 Å². The molecular formula is C15H11Cl2N3. The Morgan fingerprint density at radius 3 is 2.70 bits per heavy atom. The molecule has 0 aliphatic heterocycles. The molecule has 3 rings (SSSR count). The number of aromatic nitrogens is 2. The fraction of sp³-hybridized carbons (Fsp3) is 0.0667. The molecule has 0 fully saturated rings. The Morgan fingerprint density at radius 2 is 1.95 bits per heavy atom. The second-order valence-electron chi connectivity index (χ2n) is 4.38. The summed E-state index contributed by atoms with van der Waals surface area (Å²) in [5.74, 6) is 0.636. The van der Waals surface area contributed by atoms with Crippen LogP contribution in [-0.2, 0) is 7.05 Å². The van der Waals surface area contributed by atoms with E-state index >= 15 is 0 Å². The van der Waals surface area contributed by atoms with Crippen molar-refractivity contribution in [3.05, 3.63) is 58.1 Å². The van der Waals surface area contributed by atoms with Crippen molar-refractivity contribution in [1.82, 2.24) is 9.55 Å². The minimum absolute atomic E-state index is 0.569. The molecule has 100 valence electrons. The van der Waals surface area contributed by atoms with Crippen molar-refractivity contribution < 1.29 is 0 Å². The van der Waals surface area contributed by atoms with Crippen LogP contribution in [0.5, 0.6) is 0 Å². The number of rotatable bonds is 2. The third kappa shape index (κ3) is 2.42. The van der Waals surface area contributed by atoms with Crippen molar-refractivity contribution in [2.45, 2.75) is 0 Å². The predicted octanol–water partition coefficient (Wildman–Crippen LogP) is 4.63. The van der Waals surface area contributed by atoms with Gasteiger partial charge >= 0.3 is 0 Å². The summed E-state index contributed by atoms with van der Waals surface area (Å²) in [6.45, 7) is 0. The minimum atomic E-state index is 0.569. The second-order valence-corrected chi connectivity index (χ2v) is 5.23. The standard InChI is InChI=1S/C15H11Cl2N3/c1-20-14-5-3-2-4-13(14)19-15(20)18-9-10-6-7-11(16)8-12(10)17/h2-9H,1H3. The third-order valence-corrected chi connectivity index (χ3v) is 3.61. The largest absolute Gasteiger partial charge is 0.311 e. The van der Waals surface area contributed by atoms with Crippen LogP contribution in [0.15, 0.2) is 47.5 Å². The molecule has 0 atom stereocenters. The van der Waals surface area contributed by atoms with E-state index in [9.17, 15) is 0 Å². The Labute approximate surface area is 126 Å². The van der Waals surface area contributed by atoms with Gasteiger partial charge < -0.3 is 4.57 Å². The van der Waals surface area contributed by atoms with Crippen LogP contribution in [0.4, 0.5) is 5.95 Å². The molecule has 1 aromatic heterocycles. The van der Waals surface area contributed by atoms with Gasteiger partial charge in [-0.25, -0.2) is 9.98 Å². The molecule has 0 aliphatic carbocycles. The average molecular weight is 304 g/mol. The van der Waals surface area contributed by atoms with Gasteiger partial charge in [-0.3, -0.25) is 0 Å². The Kier molecular flexibility index (Phi) is 3.47. The number of hydrogen-bond acceptors (Lipinski definition) is 2. The fourth-order valence-electron chi connectivity index (χ4n) is 1.98. The SMILES string of the molecule is Cn1c(N=Cc2ccc(Cl)cc2Cl)nc2ccccc21. The maximum atomic E-state index is 6.11. The summed E-state index contributed by atoms with van der Waals surface area (Å²) in [6, 6.07) is 13.2. The van der Waals surface area contributed by atoms with Crippen LogP contribution in [0, 0.1) is 0 Å². The maximum Gasteiger partial charge on any atom is 0.230 e. The van der Waals surface area contributed by atoms with Crippen LogP contribution >= 0.6 is 23.2 Å². The lowest BCUT2D eigenvalue weighted by atomic mass is 10.2. The molecule has 20 heavy (non-hydrogen) atoms. The molecule has 0 N–H and O–H groups in total. The molecule has 0 radical (unpaired) electrons. The number of hydrogen-bond donors (Lipinski definition) is 0.